The van der Waals surface area contributed by atoms with Gasteiger partial charge in [0.05, 0.1) is 12.7 Å². The predicted molar refractivity (Wildman–Crippen MR) is 84.3 cm³/mol. The third-order valence-corrected chi connectivity index (χ3v) is 3.39. The topological polar surface area (TPSA) is 45.0 Å². The number of hydrogen-bond donors (Lipinski definition) is 1. The molecule has 108 valence electrons. The highest BCUT2D eigenvalue weighted by Crippen LogP contribution is 2.18. The Morgan fingerprint density at radius 1 is 1.14 bits per heavy atom. The molecule has 0 unspecified atom stereocenters. The van der Waals surface area contributed by atoms with Crippen molar-refractivity contribution >= 4 is 0 Å². The third kappa shape index (κ3) is 4.34. The highest BCUT2D eigenvalue weighted by Gasteiger charge is 2.03. The van der Waals surface area contributed by atoms with Crippen LogP contribution in [0.4, 0.5) is 0 Å². The molecule has 0 spiro atoms. The fourth-order valence-corrected chi connectivity index (χ4v) is 2.29. The molecule has 0 saturated carbocycles. The normalized spacial score (nSPS) is 10.1. The maximum absolute atomic E-state index is 9.07. The fraction of sp³-hybridized carbons (Fsp3) is 0.278. The van der Waals surface area contributed by atoms with Crippen molar-refractivity contribution < 1.29 is 4.74 Å². The van der Waals surface area contributed by atoms with Crippen LogP contribution in [0.25, 0.3) is 0 Å². The number of benzene rings is 2. The number of nitriles is 1. The van der Waals surface area contributed by atoms with Crippen molar-refractivity contribution in [2.45, 2.75) is 19.9 Å². The average molecular weight is 280 g/mol. The van der Waals surface area contributed by atoms with Gasteiger partial charge in [-0.05, 0) is 43.1 Å². The SMILES string of the molecule is COc1ccc(CNCCc2cccc(C)c2)cc1C#N. The zero-order valence-electron chi connectivity index (χ0n) is 12.5. The molecule has 2 aromatic rings. The van der Waals surface area contributed by atoms with Gasteiger partial charge in [0.15, 0.2) is 0 Å². The molecule has 0 aromatic heterocycles. The van der Waals surface area contributed by atoms with Crippen LogP contribution >= 0.6 is 0 Å². The zero-order valence-corrected chi connectivity index (χ0v) is 12.5. The van der Waals surface area contributed by atoms with E-state index < -0.39 is 0 Å². The van der Waals surface area contributed by atoms with Crippen LogP contribution < -0.4 is 10.1 Å². The first kappa shape index (κ1) is 15.1. The molecule has 0 saturated heterocycles. The molecule has 3 nitrogen and oxygen atoms in total. The number of hydrogen-bond acceptors (Lipinski definition) is 3. The molecule has 1 N–H and O–H groups in total. The van der Waals surface area contributed by atoms with Gasteiger partial charge in [0.1, 0.15) is 11.8 Å². The van der Waals surface area contributed by atoms with Crippen molar-refractivity contribution in [1.29, 1.82) is 5.26 Å². The molecule has 0 aliphatic rings. The summed E-state index contributed by atoms with van der Waals surface area (Å²) in [4.78, 5) is 0. The number of ether oxygens (including phenoxy) is 1. The lowest BCUT2D eigenvalue weighted by Crippen LogP contribution is -2.16. The highest BCUT2D eigenvalue weighted by atomic mass is 16.5. The maximum Gasteiger partial charge on any atom is 0.136 e. The van der Waals surface area contributed by atoms with E-state index in [-0.39, 0.29) is 0 Å². The van der Waals surface area contributed by atoms with E-state index >= 15 is 0 Å². The summed E-state index contributed by atoms with van der Waals surface area (Å²) in [6.45, 7) is 3.78. The molecule has 0 heterocycles. The smallest absolute Gasteiger partial charge is 0.136 e. The van der Waals surface area contributed by atoms with Crippen LogP contribution in [0.5, 0.6) is 5.75 Å². The Labute approximate surface area is 126 Å². The minimum atomic E-state index is 0.579. The van der Waals surface area contributed by atoms with Gasteiger partial charge in [0.2, 0.25) is 0 Å². The Balaban J connectivity index is 1.85. The minimum absolute atomic E-state index is 0.579. The molecular weight excluding hydrogens is 260 g/mol. The second-order valence-corrected chi connectivity index (χ2v) is 5.06. The quantitative estimate of drug-likeness (QED) is 0.826. The van der Waals surface area contributed by atoms with Crippen LogP contribution in [0.3, 0.4) is 0 Å². The van der Waals surface area contributed by atoms with Gasteiger partial charge in [-0.15, -0.1) is 0 Å². The number of rotatable bonds is 6. The van der Waals surface area contributed by atoms with Crippen LogP contribution in [0.15, 0.2) is 42.5 Å². The summed E-state index contributed by atoms with van der Waals surface area (Å²) < 4.78 is 5.14. The number of methoxy groups -OCH3 is 1. The molecule has 0 fully saturated rings. The van der Waals surface area contributed by atoms with Crippen molar-refractivity contribution in [2.24, 2.45) is 0 Å². The van der Waals surface area contributed by atoms with E-state index in [1.165, 1.54) is 11.1 Å². The standard InChI is InChI=1S/C18H20N2O/c1-14-4-3-5-15(10-14)8-9-20-13-16-6-7-18(21-2)17(11-16)12-19/h3-7,10-11,20H,8-9,13H2,1-2H3. The van der Waals surface area contributed by atoms with Gasteiger partial charge in [0.25, 0.3) is 0 Å². The summed E-state index contributed by atoms with van der Waals surface area (Å²) in [5.74, 6) is 0.626. The van der Waals surface area contributed by atoms with E-state index in [9.17, 15) is 0 Å². The summed E-state index contributed by atoms with van der Waals surface area (Å²) in [5.41, 5.74) is 4.31. The van der Waals surface area contributed by atoms with E-state index in [0.29, 0.717) is 11.3 Å². The number of aryl methyl sites for hydroxylation is 1. The van der Waals surface area contributed by atoms with Crippen LogP contribution in [-0.4, -0.2) is 13.7 Å². The first-order valence-corrected chi connectivity index (χ1v) is 7.06. The molecule has 0 aliphatic carbocycles. The molecule has 0 radical (unpaired) electrons. The van der Waals surface area contributed by atoms with Gasteiger partial charge in [-0.1, -0.05) is 35.9 Å². The van der Waals surface area contributed by atoms with Gasteiger partial charge in [-0.3, -0.25) is 0 Å². The van der Waals surface area contributed by atoms with E-state index in [0.717, 1.165) is 25.1 Å². The summed E-state index contributed by atoms with van der Waals surface area (Å²) in [5, 5.41) is 12.5. The number of nitrogens with one attached hydrogen (secondary N) is 1. The second kappa shape index (κ2) is 7.47. The Morgan fingerprint density at radius 2 is 2.00 bits per heavy atom. The monoisotopic (exact) mass is 280 g/mol. The fourth-order valence-electron chi connectivity index (χ4n) is 2.29. The minimum Gasteiger partial charge on any atom is -0.495 e. The van der Waals surface area contributed by atoms with Crippen molar-refractivity contribution in [1.82, 2.24) is 5.32 Å². The van der Waals surface area contributed by atoms with Gasteiger partial charge in [-0.2, -0.15) is 5.26 Å². The van der Waals surface area contributed by atoms with Crippen molar-refractivity contribution in [3.8, 4) is 11.8 Å². The lowest BCUT2D eigenvalue weighted by Gasteiger charge is -2.08. The van der Waals surface area contributed by atoms with Crippen LogP contribution in [-0.2, 0) is 13.0 Å². The van der Waals surface area contributed by atoms with Gasteiger partial charge in [-0.25, -0.2) is 0 Å². The van der Waals surface area contributed by atoms with Crippen LogP contribution in [0.2, 0.25) is 0 Å². The molecule has 0 aliphatic heterocycles. The first-order valence-electron chi connectivity index (χ1n) is 7.06. The van der Waals surface area contributed by atoms with E-state index in [2.05, 4.69) is 42.6 Å². The van der Waals surface area contributed by atoms with E-state index in [4.69, 9.17) is 10.00 Å². The number of nitrogens with zero attached hydrogens (tertiary/aromatic N) is 1. The van der Waals surface area contributed by atoms with Crippen LogP contribution in [0, 0.1) is 18.3 Å². The summed E-state index contributed by atoms with van der Waals surface area (Å²) in [7, 11) is 1.58. The molecule has 2 aromatic carbocycles. The maximum atomic E-state index is 9.07. The second-order valence-electron chi connectivity index (χ2n) is 5.06. The Hall–Kier alpha value is -2.31. The van der Waals surface area contributed by atoms with Crippen molar-refractivity contribution in [3.05, 3.63) is 64.7 Å². The molecule has 0 bridgehead atoms. The molecule has 2 rings (SSSR count). The molecule has 3 heteroatoms. The van der Waals surface area contributed by atoms with Gasteiger partial charge in [0, 0.05) is 6.54 Å². The lowest BCUT2D eigenvalue weighted by molar-refractivity contribution is 0.413. The summed E-state index contributed by atoms with van der Waals surface area (Å²) >= 11 is 0. The largest absolute Gasteiger partial charge is 0.495 e. The van der Waals surface area contributed by atoms with Crippen molar-refractivity contribution in [3.63, 3.8) is 0 Å². The Bertz CT molecular complexity index is 644. The third-order valence-electron chi connectivity index (χ3n) is 3.39. The predicted octanol–water partition coefficient (Wildman–Crippen LogP) is 3.21. The highest BCUT2D eigenvalue weighted by molar-refractivity contribution is 5.45. The van der Waals surface area contributed by atoms with Gasteiger partial charge >= 0.3 is 0 Å². The first-order chi connectivity index (χ1) is 10.2. The van der Waals surface area contributed by atoms with Crippen LogP contribution in [0.1, 0.15) is 22.3 Å². The van der Waals surface area contributed by atoms with Crippen molar-refractivity contribution in [2.75, 3.05) is 13.7 Å². The molecule has 0 atom stereocenters. The lowest BCUT2D eigenvalue weighted by atomic mass is 10.1. The Kier molecular flexibility index (Phi) is 5.36. The average Bonchev–Trinajstić information content (AvgIpc) is 2.51. The van der Waals surface area contributed by atoms with Gasteiger partial charge < -0.3 is 10.1 Å². The summed E-state index contributed by atoms with van der Waals surface area (Å²) in [6.07, 6.45) is 1.00. The Morgan fingerprint density at radius 3 is 2.71 bits per heavy atom. The van der Waals surface area contributed by atoms with E-state index in [1.54, 1.807) is 7.11 Å². The molecule has 0 amide bonds. The zero-order chi connectivity index (χ0) is 15.1. The molecular formula is C18H20N2O. The molecule has 21 heavy (non-hydrogen) atoms. The summed E-state index contributed by atoms with van der Waals surface area (Å²) in [6, 6.07) is 16.4. The van der Waals surface area contributed by atoms with E-state index in [1.807, 2.05) is 18.2 Å².